The Labute approximate surface area is 143 Å². The molecule has 0 heterocycles. The average molecular weight is 353 g/mol. The summed E-state index contributed by atoms with van der Waals surface area (Å²) in [4.78, 5) is 12.0. The summed E-state index contributed by atoms with van der Waals surface area (Å²) in [6.45, 7) is 0. The van der Waals surface area contributed by atoms with Gasteiger partial charge in [0.15, 0.2) is 11.5 Å². The molecule has 1 N–H and O–H groups in total. The molecule has 0 fully saturated rings. The smallest absolute Gasteiger partial charge is 0.272 e. The lowest BCUT2D eigenvalue weighted by atomic mass is 10.2. The number of hydrogen-bond acceptors (Lipinski definition) is 4. The molecular formula is C16H14Cl2N2O3. The van der Waals surface area contributed by atoms with Crippen LogP contribution in [0.25, 0.3) is 0 Å². The quantitative estimate of drug-likeness (QED) is 0.658. The summed E-state index contributed by atoms with van der Waals surface area (Å²) in [5, 5.41) is 4.63. The van der Waals surface area contributed by atoms with Gasteiger partial charge in [-0.2, -0.15) is 5.10 Å². The van der Waals surface area contributed by atoms with Crippen molar-refractivity contribution in [1.29, 1.82) is 0 Å². The minimum atomic E-state index is -0.404. The highest BCUT2D eigenvalue weighted by Gasteiger charge is 2.10. The van der Waals surface area contributed by atoms with Crippen LogP contribution in [0.1, 0.15) is 15.9 Å². The number of halogens is 2. The third kappa shape index (κ3) is 4.15. The van der Waals surface area contributed by atoms with Crippen molar-refractivity contribution in [3.05, 3.63) is 57.6 Å². The fourth-order valence-corrected chi connectivity index (χ4v) is 2.40. The normalized spacial score (nSPS) is 10.6. The molecule has 0 aliphatic carbocycles. The van der Waals surface area contributed by atoms with Crippen LogP contribution in [0.5, 0.6) is 11.5 Å². The summed E-state index contributed by atoms with van der Waals surface area (Å²) in [6, 6.07) is 10.0. The Hall–Kier alpha value is -2.24. The van der Waals surface area contributed by atoms with E-state index in [0.717, 1.165) is 0 Å². The van der Waals surface area contributed by atoms with Gasteiger partial charge in [0.05, 0.1) is 36.0 Å². The number of rotatable bonds is 5. The minimum absolute atomic E-state index is 0.344. The number of ether oxygens (including phenoxy) is 2. The Bertz CT molecular complexity index is 748. The number of hydrogen-bond donors (Lipinski definition) is 1. The van der Waals surface area contributed by atoms with Crippen LogP contribution in [0.2, 0.25) is 10.0 Å². The summed E-state index contributed by atoms with van der Waals surface area (Å²) >= 11 is 12.0. The zero-order valence-corrected chi connectivity index (χ0v) is 14.0. The van der Waals surface area contributed by atoms with Crippen LogP contribution in [-0.4, -0.2) is 26.3 Å². The summed E-state index contributed by atoms with van der Waals surface area (Å²) < 4.78 is 10.3. The molecule has 2 aromatic carbocycles. The van der Waals surface area contributed by atoms with Crippen LogP contribution < -0.4 is 14.9 Å². The van der Waals surface area contributed by atoms with Crippen molar-refractivity contribution in [2.75, 3.05) is 14.2 Å². The summed E-state index contributed by atoms with van der Waals surface area (Å²) in [6.07, 6.45) is 1.45. The first-order chi connectivity index (χ1) is 11.1. The molecule has 0 aliphatic heterocycles. The van der Waals surface area contributed by atoms with Crippen molar-refractivity contribution in [2.45, 2.75) is 0 Å². The molecule has 23 heavy (non-hydrogen) atoms. The van der Waals surface area contributed by atoms with Crippen molar-refractivity contribution in [3.63, 3.8) is 0 Å². The van der Waals surface area contributed by atoms with E-state index in [9.17, 15) is 4.79 Å². The van der Waals surface area contributed by atoms with Gasteiger partial charge >= 0.3 is 0 Å². The zero-order valence-electron chi connectivity index (χ0n) is 12.5. The predicted molar refractivity (Wildman–Crippen MR) is 91.1 cm³/mol. The second-order valence-electron chi connectivity index (χ2n) is 4.42. The highest BCUT2D eigenvalue weighted by molar-refractivity contribution is 6.34. The molecule has 0 saturated heterocycles. The van der Waals surface area contributed by atoms with E-state index in [2.05, 4.69) is 10.5 Å². The van der Waals surface area contributed by atoms with Gasteiger partial charge in [0, 0.05) is 0 Å². The lowest BCUT2D eigenvalue weighted by Gasteiger charge is -2.09. The maximum absolute atomic E-state index is 12.0. The molecule has 0 unspecified atom stereocenters. The minimum Gasteiger partial charge on any atom is -0.493 e. The number of nitrogens with one attached hydrogen (secondary N) is 1. The average Bonchev–Trinajstić information content (AvgIpc) is 2.54. The first kappa shape index (κ1) is 17.1. The second kappa shape index (κ2) is 7.85. The van der Waals surface area contributed by atoms with Crippen LogP contribution >= 0.6 is 23.2 Å². The fourth-order valence-electron chi connectivity index (χ4n) is 1.88. The van der Waals surface area contributed by atoms with Crippen molar-refractivity contribution < 1.29 is 14.3 Å². The van der Waals surface area contributed by atoms with Crippen LogP contribution in [0, 0.1) is 0 Å². The van der Waals surface area contributed by atoms with Gasteiger partial charge in [-0.1, -0.05) is 35.3 Å². The lowest BCUT2D eigenvalue weighted by molar-refractivity contribution is 0.0955. The molecule has 0 aliphatic rings. The molecule has 5 nitrogen and oxygen atoms in total. The highest BCUT2D eigenvalue weighted by Crippen LogP contribution is 2.35. The standard InChI is InChI=1S/C16H14Cl2N2O3/c1-22-14-8-10(7-13(18)15(14)23-2)9-19-20-16(21)11-5-3-4-6-12(11)17/h3-9H,1-2H3,(H,20,21)/b19-9-. The maximum Gasteiger partial charge on any atom is 0.272 e. The van der Waals surface area contributed by atoms with Crippen LogP contribution in [0.3, 0.4) is 0 Å². The van der Waals surface area contributed by atoms with Gasteiger partial charge in [-0.15, -0.1) is 0 Å². The van der Waals surface area contributed by atoms with E-state index in [1.165, 1.54) is 20.4 Å². The first-order valence-electron chi connectivity index (χ1n) is 6.56. The third-order valence-corrected chi connectivity index (χ3v) is 3.56. The molecular weight excluding hydrogens is 339 g/mol. The maximum atomic E-state index is 12.0. The van der Waals surface area contributed by atoms with Crippen LogP contribution in [-0.2, 0) is 0 Å². The number of hydrazone groups is 1. The monoisotopic (exact) mass is 352 g/mol. The molecule has 1 amide bonds. The van der Waals surface area contributed by atoms with Gasteiger partial charge < -0.3 is 9.47 Å². The van der Waals surface area contributed by atoms with Crippen LogP contribution in [0.4, 0.5) is 0 Å². The van der Waals surface area contributed by atoms with Gasteiger partial charge in [-0.05, 0) is 29.8 Å². The van der Waals surface area contributed by atoms with E-state index < -0.39 is 5.91 Å². The largest absolute Gasteiger partial charge is 0.493 e. The second-order valence-corrected chi connectivity index (χ2v) is 5.23. The van der Waals surface area contributed by atoms with Crippen LogP contribution in [0.15, 0.2) is 41.5 Å². The molecule has 7 heteroatoms. The third-order valence-electron chi connectivity index (χ3n) is 2.95. The number of carbonyl (C=O) groups is 1. The summed E-state index contributed by atoms with van der Waals surface area (Å²) in [7, 11) is 3.01. The van der Waals surface area contributed by atoms with Crippen molar-refractivity contribution in [3.8, 4) is 11.5 Å². The number of amides is 1. The fraction of sp³-hybridized carbons (Fsp3) is 0.125. The molecule has 120 valence electrons. The Morgan fingerprint density at radius 1 is 1.13 bits per heavy atom. The Kier molecular flexibility index (Phi) is 5.84. The zero-order chi connectivity index (χ0) is 16.8. The van der Waals surface area contributed by atoms with Gasteiger partial charge in [-0.3, -0.25) is 4.79 Å². The van der Waals surface area contributed by atoms with Crippen molar-refractivity contribution in [1.82, 2.24) is 5.43 Å². The molecule has 0 saturated carbocycles. The Morgan fingerprint density at radius 3 is 2.52 bits per heavy atom. The SMILES string of the molecule is COc1cc(/C=N\NC(=O)c2ccccc2Cl)cc(Cl)c1OC. The topological polar surface area (TPSA) is 59.9 Å². The summed E-state index contributed by atoms with van der Waals surface area (Å²) in [5.41, 5.74) is 3.39. The van der Waals surface area contributed by atoms with E-state index >= 15 is 0 Å². The van der Waals surface area contributed by atoms with E-state index in [1.54, 1.807) is 36.4 Å². The Balaban J connectivity index is 2.13. The molecule has 0 aromatic heterocycles. The molecule has 0 atom stereocenters. The molecule has 2 aromatic rings. The number of methoxy groups -OCH3 is 2. The van der Waals surface area contributed by atoms with Gasteiger partial charge in [0.25, 0.3) is 5.91 Å². The molecule has 0 spiro atoms. The van der Waals surface area contributed by atoms with E-state index in [0.29, 0.717) is 32.7 Å². The van der Waals surface area contributed by atoms with Gasteiger partial charge in [-0.25, -0.2) is 5.43 Å². The molecule has 0 bridgehead atoms. The number of benzene rings is 2. The van der Waals surface area contributed by atoms with E-state index in [-0.39, 0.29) is 0 Å². The predicted octanol–water partition coefficient (Wildman–Crippen LogP) is 3.77. The molecule has 2 rings (SSSR count). The van der Waals surface area contributed by atoms with E-state index in [1.807, 2.05) is 0 Å². The molecule has 0 radical (unpaired) electrons. The Morgan fingerprint density at radius 2 is 1.87 bits per heavy atom. The first-order valence-corrected chi connectivity index (χ1v) is 7.32. The van der Waals surface area contributed by atoms with Gasteiger partial charge in [0.1, 0.15) is 0 Å². The van der Waals surface area contributed by atoms with Gasteiger partial charge in [0.2, 0.25) is 0 Å². The summed E-state index contributed by atoms with van der Waals surface area (Å²) in [5.74, 6) is 0.503. The lowest BCUT2D eigenvalue weighted by Crippen LogP contribution is -2.17. The number of nitrogens with zero attached hydrogens (tertiary/aromatic N) is 1. The van der Waals surface area contributed by atoms with Crippen molar-refractivity contribution in [2.24, 2.45) is 5.10 Å². The van der Waals surface area contributed by atoms with Crippen molar-refractivity contribution >= 4 is 35.3 Å². The van der Waals surface area contributed by atoms with E-state index in [4.69, 9.17) is 32.7 Å². The number of carbonyl (C=O) groups excluding carboxylic acids is 1. The highest BCUT2D eigenvalue weighted by atomic mass is 35.5.